The van der Waals surface area contributed by atoms with Crippen LogP contribution in [0.3, 0.4) is 0 Å². The minimum absolute atomic E-state index is 0.138. The van der Waals surface area contributed by atoms with Crippen LogP contribution in [0.25, 0.3) is 0 Å². The average molecular weight is 550 g/mol. The van der Waals surface area contributed by atoms with E-state index in [2.05, 4.69) is 10.6 Å². The molecule has 0 aromatic heterocycles. The first-order valence-electron chi connectivity index (χ1n) is 14.4. The van der Waals surface area contributed by atoms with E-state index in [0.717, 1.165) is 18.4 Å². The van der Waals surface area contributed by atoms with E-state index in [1.807, 2.05) is 37.3 Å². The van der Waals surface area contributed by atoms with Crippen molar-refractivity contribution in [2.75, 3.05) is 25.1 Å². The second-order valence-corrected chi connectivity index (χ2v) is 10.9. The highest BCUT2D eigenvalue weighted by atomic mass is 16.5. The van der Waals surface area contributed by atoms with E-state index in [4.69, 9.17) is 14.6 Å². The maximum Gasteiger partial charge on any atom is 0.246 e. The number of aliphatic hydroxyl groups is 1. The smallest absolute Gasteiger partial charge is 0.246 e. The molecule has 0 radical (unpaired) electrons. The van der Waals surface area contributed by atoms with Gasteiger partial charge in [0.1, 0.15) is 17.4 Å². The van der Waals surface area contributed by atoms with Gasteiger partial charge in [-0.3, -0.25) is 14.4 Å². The Hall–Kier alpha value is -3.43. The Morgan fingerprint density at radius 3 is 2.52 bits per heavy atom. The summed E-state index contributed by atoms with van der Waals surface area (Å²) in [5.41, 5.74) is 0.566. The number of rotatable bonds is 13. The normalized spacial score (nSPS) is 26.6. The van der Waals surface area contributed by atoms with Gasteiger partial charge < -0.3 is 30.1 Å². The fourth-order valence-electron chi connectivity index (χ4n) is 6.65. The van der Waals surface area contributed by atoms with E-state index in [-0.39, 0.29) is 24.3 Å². The maximum atomic E-state index is 14.0. The number of aliphatic hydroxyl groups excluding tert-OH is 1. The van der Waals surface area contributed by atoms with Gasteiger partial charge in [-0.15, -0.1) is 0 Å². The Labute approximate surface area is 235 Å². The lowest BCUT2D eigenvalue weighted by atomic mass is 9.70. The summed E-state index contributed by atoms with van der Waals surface area (Å²) >= 11 is 0. The van der Waals surface area contributed by atoms with Crippen LogP contribution in [0.5, 0.6) is 5.75 Å². The lowest BCUT2D eigenvalue weighted by molar-refractivity contribution is -0.141. The molecule has 2 unspecified atom stereocenters. The zero-order valence-corrected chi connectivity index (χ0v) is 23.0. The molecule has 2 aromatic carbocycles. The molecule has 0 aliphatic carbocycles. The predicted molar refractivity (Wildman–Crippen MR) is 149 cm³/mol. The molecule has 3 saturated heterocycles. The molecule has 9 nitrogen and oxygen atoms in total. The minimum atomic E-state index is -1.02. The van der Waals surface area contributed by atoms with Gasteiger partial charge in [0.15, 0.2) is 0 Å². The van der Waals surface area contributed by atoms with Crippen LogP contribution in [0.15, 0.2) is 54.6 Å². The first-order chi connectivity index (χ1) is 19.5. The third-order valence-corrected chi connectivity index (χ3v) is 8.40. The number of likely N-dealkylation sites (tertiary alicyclic amines) is 1. The molecule has 5 atom stereocenters. The van der Waals surface area contributed by atoms with Gasteiger partial charge in [-0.1, -0.05) is 43.2 Å². The Bertz CT molecular complexity index is 1190. The number of nitrogens with one attached hydrogen (secondary N) is 2. The Morgan fingerprint density at radius 1 is 1.05 bits per heavy atom. The van der Waals surface area contributed by atoms with Crippen molar-refractivity contribution in [1.29, 1.82) is 0 Å². The van der Waals surface area contributed by atoms with Crippen molar-refractivity contribution in [1.82, 2.24) is 10.2 Å². The summed E-state index contributed by atoms with van der Waals surface area (Å²) in [6.07, 6.45) is 3.88. The molecule has 5 rings (SSSR count). The molecule has 2 aromatic rings. The molecule has 9 heteroatoms. The van der Waals surface area contributed by atoms with Crippen molar-refractivity contribution >= 4 is 23.4 Å². The number of carbonyl (C=O) groups excluding carboxylic acids is 3. The van der Waals surface area contributed by atoms with Crippen LogP contribution in [0, 0.1) is 11.8 Å². The largest absolute Gasteiger partial charge is 0.494 e. The molecular weight excluding hydrogens is 510 g/mol. The predicted octanol–water partition coefficient (Wildman–Crippen LogP) is 3.27. The van der Waals surface area contributed by atoms with Gasteiger partial charge in [0.05, 0.1) is 24.5 Å². The number of carbonyl (C=O) groups is 3. The van der Waals surface area contributed by atoms with Crippen molar-refractivity contribution in [3.05, 3.63) is 60.2 Å². The molecule has 0 saturated carbocycles. The van der Waals surface area contributed by atoms with Gasteiger partial charge >= 0.3 is 0 Å². The van der Waals surface area contributed by atoms with Gasteiger partial charge in [0.2, 0.25) is 17.7 Å². The monoisotopic (exact) mass is 549 g/mol. The first kappa shape index (κ1) is 28.1. The lowest BCUT2D eigenvalue weighted by Crippen LogP contribution is -2.55. The summed E-state index contributed by atoms with van der Waals surface area (Å²) in [5.74, 6) is -1.36. The highest BCUT2D eigenvalue weighted by molar-refractivity contribution is 6.02. The number of nitrogens with zero attached hydrogens (tertiary/aromatic N) is 1. The molecule has 2 bridgehead atoms. The van der Waals surface area contributed by atoms with Crippen LogP contribution < -0.4 is 15.4 Å². The third-order valence-electron chi connectivity index (χ3n) is 8.40. The minimum Gasteiger partial charge on any atom is -0.494 e. The second-order valence-electron chi connectivity index (χ2n) is 10.9. The van der Waals surface area contributed by atoms with Crippen LogP contribution in [-0.2, 0) is 25.7 Å². The Morgan fingerprint density at radius 2 is 1.80 bits per heavy atom. The van der Waals surface area contributed by atoms with Gasteiger partial charge in [-0.25, -0.2) is 0 Å². The Kier molecular flexibility index (Phi) is 8.71. The number of amides is 3. The highest BCUT2D eigenvalue weighted by Crippen LogP contribution is 2.58. The summed E-state index contributed by atoms with van der Waals surface area (Å²) in [4.78, 5) is 43.0. The molecule has 3 aliphatic heterocycles. The molecule has 3 amide bonds. The molecule has 3 fully saturated rings. The van der Waals surface area contributed by atoms with E-state index < -0.39 is 29.6 Å². The van der Waals surface area contributed by atoms with Crippen LogP contribution in [0.4, 0.5) is 5.69 Å². The van der Waals surface area contributed by atoms with Crippen molar-refractivity contribution in [3.8, 4) is 5.75 Å². The molecule has 214 valence electrons. The summed E-state index contributed by atoms with van der Waals surface area (Å²) in [5, 5.41) is 15.1. The number of unbranched alkanes of at least 4 members (excludes halogenated alkanes) is 3. The molecule has 1 spiro atoms. The number of anilines is 1. The van der Waals surface area contributed by atoms with Crippen LogP contribution >= 0.6 is 0 Å². The van der Waals surface area contributed by atoms with E-state index in [1.165, 1.54) is 0 Å². The number of benzene rings is 2. The SMILES string of the molecule is CCOc1ccc(NC(=O)[C@@H]2[C@H]3C(=O)N(CCCCCCO)C(C(=O)NCc4ccccc4)C34CC[C@H]2O4)cc1. The van der Waals surface area contributed by atoms with E-state index in [0.29, 0.717) is 56.8 Å². The van der Waals surface area contributed by atoms with Crippen LogP contribution in [0.1, 0.15) is 51.0 Å². The van der Waals surface area contributed by atoms with Crippen LogP contribution in [0.2, 0.25) is 0 Å². The maximum absolute atomic E-state index is 14.0. The van der Waals surface area contributed by atoms with Gasteiger partial charge in [0, 0.05) is 25.4 Å². The highest BCUT2D eigenvalue weighted by Gasteiger charge is 2.74. The van der Waals surface area contributed by atoms with Gasteiger partial charge in [-0.05, 0) is 62.4 Å². The fourth-order valence-corrected chi connectivity index (χ4v) is 6.65. The standard InChI is InChI=1S/C31H39N3O6/c1-2-39-23-14-12-22(13-15-23)33-28(36)25-24-16-17-31(40-24)26(25)30(38)34(18-8-3-4-9-19-35)27(31)29(37)32-20-21-10-6-5-7-11-21/h5-7,10-15,24-27,35H,2-4,8-9,16-20H2,1H3,(H,32,37)(H,33,36)/t24-,25+,26+,27?,31?/m1/s1. The molecular formula is C31H39N3O6. The summed E-state index contributed by atoms with van der Waals surface area (Å²) < 4.78 is 12.0. The number of fused-ring (bicyclic) bond motifs is 1. The van der Waals surface area contributed by atoms with Crippen molar-refractivity contribution in [3.63, 3.8) is 0 Å². The lowest BCUT2D eigenvalue weighted by Gasteiger charge is -2.33. The zero-order chi connectivity index (χ0) is 28.1. The number of hydrogen-bond acceptors (Lipinski definition) is 6. The van der Waals surface area contributed by atoms with Gasteiger partial charge in [-0.2, -0.15) is 0 Å². The summed E-state index contributed by atoms with van der Waals surface area (Å²) in [6, 6.07) is 16.0. The Balaban J connectivity index is 1.35. The topological polar surface area (TPSA) is 117 Å². The number of hydrogen-bond donors (Lipinski definition) is 3. The molecule has 40 heavy (non-hydrogen) atoms. The van der Waals surface area contributed by atoms with E-state index in [1.54, 1.807) is 29.2 Å². The molecule has 3 N–H and O–H groups in total. The zero-order valence-electron chi connectivity index (χ0n) is 23.0. The first-order valence-corrected chi connectivity index (χ1v) is 14.4. The summed E-state index contributed by atoms with van der Waals surface area (Å²) in [6.45, 7) is 3.36. The van der Waals surface area contributed by atoms with Crippen molar-refractivity contribution in [2.24, 2.45) is 11.8 Å². The third kappa shape index (κ3) is 5.45. The fraction of sp³-hybridized carbons (Fsp3) is 0.516. The quantitative estimate of drug-likeness (QED) is 0.330. The molecule has 3 heterocycles. The molecule has 3 aliphatic rings. The van der Waals surface area contributed by atoms with Crippen LogP contribution in [-0.4, -0.2) is 65.2 Å². The van der Waals surface area contributed by atoms with Crippen molar-refractivity contribution in [2.45, 2.75) is 69.7 Å². The average Bonchev–Trinajstić information content (AvgIpc) is 3.61. The number of ether oxygens (including phenoxy) is 2. The second kappa shape index (κ2) is 12.4. The van der Waals surface area contributed by atoms with Gasteiger partial charge in [0.25, 0.3) is 0 Å². The summed E-state index contributed by atoms with van der Waals surface area (Å²) in [7, 11) is 0. The van der Waals surface area contributed by atoms with Crippen molar-refractivity contribution < 1.29 is 29.0 Å². The van der Waals surface area contributed by atoms with E-state index >= 15 is 0 Å². The van der Waals surface area contributed by atoms with E-state index in [9.17, 15) is 14.4 Å².